The van der Waals surface area contributed by atoms with Crippen molar-refractivity contribution in [1.29, 1.82) is 0 Å². The molecule has 0 aliphatic rings. The Morgan fingerprint density at radius 1 is 1.60 bits per heavy atom. The third kappa shape index (κ3) is 1.46. The number of pyridine rings is 1. The van der Waals surface area contributed by atoms with E-state index in [0.717, 1.165) is 6.20 Å². The maximum Gasteiger partial charge on any atom is 0.338 e. The fourth-order valence-electron chi connectivity index (χ4n) is 1.19. The van der Waals surface area contributed by atoms with Gasteiger partial charge in [-0.05, 0) is 6.07 Å². The summed E-state index contributed by atoms with van der Waals surface area (Å²) >= 11 is 5.81. The van der Waals surface area contributed by atoms with Crippen molar-refractivity contribution < 1.29 is 19.1 Å². The lowest BCUT2D eigenvalue weighted by atomic mass is 10.2. The zero-order valence-electron chi connectivity index (χ0n) is 7.23. The number of furan rings is 1. The first-order valence-electron chi connectivity index (χ1n) is 3.90. The van der Waals surface area contributed by atoms with Crippen molar-refractivity contribution in [2.75, 3.05) is 0 Å². The molecule has 2 aromatic heterocycles. The Morgan fingerprint density at radius 2 is 2.33 bits per heavy atom. The molecule has 2 heterocycles. The first-order valence-corrected chi connectivity index (χ1v) is 4.28. The largest absolute Gasteiger partial charge is 0.478 e. The third-order valence-electron chi connectivity index (χ3n) is 1.86. The average molecular weight is 226 g/mol. The van der Waals surface area contributed by atoms with Crippen LogP contribution in [0.15, 0.2) is 16.7 Å². The highest BCUT2D eigenvalue weighted by atomic mass is 35.5. The van der Waals surface area contributed by atoms with Crippen LogP contribution in [0.4, 0.5) is 0 Å². The van der Waals surface area contributed by atoms with Crippen molar-refractivity contribution in [3.63, 3.8) is 0 Å². The van der Waals surface area contributed by atoms with Gasteiger partial charge in [-0.1, -0.05) is 11.6 Å². The lowest BCUT2D eigenvalue weighted by Crippen LogP contribution is -1.98. The molecule has 0 bridgehead atoms. The van der Waals surface area contributed by atoms with E-state index in [1.165, 1.54) is 6.07 Å². The van der Waals surface area contributed by atoms with E-state index in [1.54, 1.807) is 0 Å². The number of halogens is 1. The molecule has 5 nitrogen and oxygen atoms in total. The first-order chi connectivity index (χ1) is 7.13. The quantitative estimate of drug-likeness (QED) is 0.791. The molecule has 2 rings (SSSR count). The van der Waals surface area contributed by atoms with Crippen molar-refractivity contribution in [2.24, 2.45) is 0 Å². The summed E-state index contributed by atoms with van der Waals surface area (Å²) < 4.78 is 4.98. The van der Waals surface area contributed by atoms with E-state index in [2.05, 4.69) is 4.98 Å². The summed E-state index contributed by atoms with van der Waals surface area (Å²) in [5.41, 5.74) is 0.0227. The van der Waals surface area contributed by atoms with E-state index < -0.39 is 5.97 Å². The van der Waals surface area contributed by atoms with Crippen LogP contribution in [0.2, 0.25) is 5.02 Å². The molecule has 0 aliphatic carbocycles. The van der Waals surface area contributed by atoms with Gasteiger partial charge in [0.15, 0.2) is 12.0 Å². The molecular weight excluding hydrogens is 222 g/mol. The molecular formula is C9H4ClNO4. The van der Waals surface area contributed by atoms with Crippen molar-refractivity contribution in [1.82, 2.24) is 4.98 Å². The van der Waals surface area contributed by atoms with E-state index in [1.807, 2.05) is 0 Å². The predicted molar refractivity (Wildman–Crippen MR) is 51.4 cm³/mol. The van der Waals surface area contributed by atoms with Gasteiger partial charge in [0.1, 0.15) is 0 Å². The van der Waals surface area contributed by atoms with Crippen LogP contribution in [0, 0.1) is 0 Å². The molecule has 0 saturated carbocycles. The van der Waals surface area contributed by atoms with Gasteiger partial charge in [-0.2, -0.15) is 0 Å². The lowest BCUT2D eigenvalue weighted by molar-refractivity contribution is 0.0696. The monoisotopic (exact) mass is 225 g/mol. The molecule has 2 aromatic rings. The van der Waals surface area contributed by atoms with Crippen LogP contribution < -0.4 is 0 Å². The molecule has 6 heteroatoms. The number of carboxylic acids is 1. The molecule has 76 valence electrons. The van der Waals surface area contributed by atoms with Gasteiger partial charge in [0.05, 0.1) is 16.0 Å². The SMILES string of the molecule is O=Cc1cc2c(Cl)c(C(=O)O)cnc2o1. The molecule has 0 aromatic carbocycles. The Morgan fingerprint density at radius 3 is 2.93 bits per heavy atom. The van der Waals surface area contributed by atoms with Gasteiger partial charge < -0.3 is 9.52 Å². The van der Waals surface area contributed by atoms with Gasteiger partial charge in [0, 0.05) is 6.20 Å². The van der Waals surface area contributed by atoms with Crippen molar-refractivity contribution in [3.05, 3.63) is 28.6 Å². The fraction of sp³-hybridized carbons (Fsp3) is 0. The Kier molecular flexibility index (Phi) is 2.17. The number of aldehydes is 1. The van der Waals surface area contributed by atoms with Crippen LogP contribution in [0.1, 0.15) is 20.9 Å². The maximum absolute atomic E-state index is 10.7. The van der Waals surface area contributed by atoms with Crippen LogP contribution >= 0.6 is 11.6 Å². The van der Waals surface area contributed by atoms with E-state index in [0.29, 0.717) is 11.7 Å². The molecule has 0 spiro atoms. The second-order valence-corrected chi connectivity index (χ2v) is 3.15. The number of aromatic carboxylic acids is 1. The van der Waals surface area contributed by atoms with Gasteiger partial charge in [-0.25, -0.2) is 9.78 Å². The molecule has 1 N–H and O–H groups in total. The standard InChI is InChI=1S/C9H4ClNO4/c10-7-5-1-4(3-12)15-8(5)11-2-6(7)9(13)14/h1-3H,(H,13,14). The predicted octanol–water partition coefficient (Wildman–Crippen LogP) is 1.99. The number of hydrogen-bond acceptors (Lipinski definition) is 4. The Labute approximate surface area is 88.3 Å². The minimum absolute atomic E-state index is 0.0179. The van der Waals surface area contributed by atoms with Crippen LogP contribution in [0.5, 0.6) is 0 Å². The fourth-order valence-corrected chi connectivity index (χ4v) is 1.45. The summed E-state index contributed by atoms with van der Waals surface area (Å²) in [6.07, 6.45) is 1.59. The summed E-state index contributed by atoms with van der Waals surface area (Å²) in [4.78, 5) is 24.9. The Balaban J connectivity index is 2.77. The minimum Gasteiger partial charge on any atom is -0.478 e. The topological polar surface area (TPSA) is 80.4 Å². The summed E-state index contributed by atoms with van der Waals surface area (Å²) in [6, 6.07) is 1.35. The van der Waals surface area contributed by atoms with Crippen molar-refractivity contribution in [2.45, 2.75) is 0 Å². The Bertz CT molecular complexity index is 560. The van der Waals surface area contributed by atoms with E-state index in [-0.39, 0.29) is 22.1 Å². The summed E-state index contributed by atoms with van der Waals surface area (Å²) in [5.74, 6) is -1.12. The molecule has 0 aliphatic heterocycles. The van der Waals surface area contributed by atoms with Gasteiger partial charge in [0.2, 0.25) is 5.71 Å². The van der Waals surface area contributed by atoms with Crippen LogP contribution in [0.3, 0.4) is 0 Å². The number of fused-ring (bicyclic) bond motifs is 1. The van der Waals surface area contributed by atoms with Gasteiger partial charge >= 0.3 is 5.97 Å². The van der Waals surface area contributed by atoms with Crippen LogP contribution in [-0.4, -0.2) is 22.3 Å². The first kappa shape index (κ1) is 9.67. The second-order valence-electron chi connectivity index (χ2n) is 2.78. The zero-order chi connectivity index (χ0) is 11.0. The van der Waals surface area contributed by atoms with Crippen molar-refractivity contribution in [3.8, 4) is 0 Å². The second kappa shape index (κ2) is 3.36. The van der Waals surface area contributed by atoms with E-state index in [9.17, 15) is 9.59 Å². The number of rotatable bonds is 2. The molecule has 0 amide bonds. The smallest absolute Gasteiger partial charge is 0.338 e. The molecule has 0 atom stereocenters. The van der Waals surface area contributed by atoms with Crippen molar-refractivity contribution >= 4 is 35.0 Å². The third-order valence-corrected chi connectivity index (χ3v) is 2.27. The van der Waals surface area contributed by atoms with Gasteiger partial charge in [-0.3, -0.25) is 4.79 Å². The summed E-state index contributed by atoms with van der Waals surface area (Å²) in [6.45, 7) is 0. The van der Waals surface area contributed by atoms with Crippen LogP contribution in [-0.2, 0) is 0 Å². The number of carbonyl (C=O) groups is 2. The number of carboxylic acid groups (broad SMARTS) is 1. The number of nitrogens with zero attached hydrogens (tertiary/aromatic N) is 1. The molecule has 15 heavy (non-hydrogen) atoms. The molecule has 0 radical (unpaired) electrons. The highest BCUT2D eigenvalue weighted by Gasteiger charge is 2.15. The highest BCUT2D eigenvalue weighted by Crippen LogP contribution is 2.27. The summed E-state index contributed by atoms with van der Waals surface area (Å²) in [7, 11) is 0. The maximum atomic E-state index is 10.7. The number of carbonyl (C=O) groups excluding carboxylic acids is 1. The molecule has 0 saturated heterocycles. The number of hydrogen-bond donors (Lipinski definition) is 1. The van der Waals surface area contributed by atoms with Crippen LogP contribution in [0.25, 0.3) is 11.1 Å². The highest BCUT2D eigenvalue weighted by molar-refractivity contribution is 6.38. The minimum atomic E-state index is -1.18. The normalized spacial score (nSPS) is 10.5. The van der Waals surface area contributed by atoms with Gasteiger partial charge in [0.25, 0.3) is 0 Å². The molecule has 0 fully saturated rings. The lowest BCUT2D eigenvalue weighted by Gasteiger charge is -1.96. The average Bonchev–Trinajstić information content (AvgIpc) is 2.61. The Hall–Kier alpha value is -1.88. The van der Waals surface area contributed by atoms with E-state index in [4.69, 9.17) is 21.1 Å². The molecule has 0 unspecified atom stereocenters. The van der Waals surface area contributed by atoms with E-state index >= 15 is 0 Å². The number of aromatic nitrogens is 1. The summed E-state index contributed by atoms with van der Waals surface area (Å²) in [5, 5.41) is 9.10. The zero-order valence-corrected chi connectivity index (χ0v) is 7.99. The van der Waals surface area contributed by atoms with Gasteiger partial charge in [-0.15, -0.1) is 0 Å².